The first-order chi connectivity index (χ1) is 14.2. The first kappa shape index (κ1) is 18.2. The highest BCUT2D eigenvalue weighted by molar-refractivity contribution is 6.01. The predicted molar refractivity (Wildman–Crippen MR) is 110 cm³/mol. The maximum atomic E-state index is 12.0. The largest absolute Gasteiger partial charge is 0.465 e. The van der Waals surface area contributed by atoms with Gasteiger partial charge in [-0.1, -0.05) is 0 Å². The normalized spacial score (nSPS) is 10.9. The van der Waals surface area contributed by atoms with Crippen LogP contribution in [0.1, 0.15) is 11.6 Å². The van der Waals surface area contributed by atoms with Gasteiger partial charge in [0.25, 0.3) is 0 Å². The van der Waals surface area contributed by atoms with Gasteiger partial charge < -0.3 is 15.1 Å². The molecule has 29 heavy (non-hydrogen) atoms. The van der Waals surface area contributed by atoms with Crippen LogP contribution in [0.25, 0.3) is 11.9 Å². The molecule has 0 atom stereocenters. The molecule has 0 fully saturated rings. The number of hydrogen-bond donors (Lipinski definition) is 2. The molecule has 144 valence electrons. The van der Waals surface area contributed by atoms with E-state index in [2.05, 4.69) is 25.7 Å². The fraction of sp³-hybridized carbons (Fsp3) is 0.0476. The second-order valence-electron chi connectivity index (χ2n) is 6.15. The Balaban J connectivity index is 1.41. The van der Waals surface area contributed by atoms with E-state index in [0.717, 1.165) is 5.69 Å². The smallest absolute Gasteiger partial charge is 0.248 e. The number of hydrogen-bond acceptors (Lipinski definition) is 6. The van der Waals surface area contributed by atoms with Gasteiger partial charge in [-0.25, -0.2) is 14.6 Å². The van der Waals surface area contributed by atoms with E-state index in [9.17, 15) is 4.79 Å². The summed E-state index contributed by atoms with van der Waals surface area (Å²) < 4.78 is 6.83. The van der Waals surface area contributed by atoms with Gasteiger partial charge >= 0.3 is 0 Å². The third kappa shape index (κ3) is 4.75. The van der Waals surface area contributed by atoms with Gasteiger partial charge in [0.15, 0.2) is 5.82 Å². The van der Waals surface area contributed by atoms with Crippen molar-refractivity contribution in [3.8, 4) is 5.82 Å². The molecule has 0 saturated carbocycles. The van der Waals surface area contributed by atoms with Gasteiger partial charge in [0, 0.05) is 35.9 Å². The number of anilines is 3. The molecule has 8 heteroatoms. The number of nitrogens with one attached hydrogen (secondary N) is 2. The Hall–Kier alpha value is -4.20. The SMILES string of the molecule is Cc1nc(Nc2ccc(NC(=O)C=Cc3ccco3)cc2)cc(-n2cccn2)n1. The zero-order valence-electron chi connectivity index (χ0n) is 15.6. The first-order valence-electron chi connectivity index (χ1n) is 8.91. The maximum Gasteiger partial charge on any atom is 0.248 e. The lowest BCUT2D eigenvalue weighted by Gasteiger charge is -2.09. The summed E-state index contributed by atoms with van der Waals surface area (Å²) in [5.41, 5.74) is 1.51. The molecule has 4 aromatic rings. The molecule has 0 unspecified atom stereocenters. The molecule has 0 spiro atoms. The van der Waals surface area contributed by atoms with E-state index in [1.807, 2.05) is 49.5 Å². The molecular weight excluding hydrogens is 368 g/mol. The van der Waals surface area contributed by atoms with Gasteiger partial charge in [0.2, 0.25) is 5.91 Å². The van der Waals surface area contributed by atoms with E-state index < -0.39 is 0 Å². The van der Waals surface area contributed by atoms with E-state index in [1.165, 1.54) is 6.08 Å². The van der Waals surface area contributed by atoms with E-state index in [4.69, 9.17) is 4.42 Å². The first-order valence-corrected chi connectivity index (χ1v) is 8.91. The molecule has 0 aliphatic carbocycles. The summed E-state index contributed by atoms with van der Waals surface area (Å²) in [6.45, 7) is 1.83. The van der Waals surface area contributed by atoms with Crippen LogP contribution in [0.15, 0.2) is 77.7 Å². The fourth-order valence-electron chi connectivity index (χ4n) is 2.65. The van der Waals surface area contributed by atoms with Crippen molar-refractivity contribution in [3.05, 3.63) is 84.8 Å². The molecule has 0 radical (unpaired) electrons. The number of aromatic nitrogens is 4. The van der Waals surface area contributed by atoms with E-state index in [0.29, 0.717) is 28.9 Å². The Morgan fingerprint density at radius 2 is 1.93 bits per heavy atom. The van der Waals surface area contributed by atoms with Crippen molar-refractivity contribution in [3.63, 3.8) is 0 Å². The minimum absolute atomic E-state index is 0.239. The van der Waals surface area contributed by atoms with Crippen molar-refractivity contribution in [1.29, 1.82) is 0 Å². The van der Waals surface area contributed by atoms with Gasteiger partial charge in [-0.15, -0.1) is 0 Å². The lowest BCUT2D eigenvalue weighted by Crippen LogP contribution is -2.07. The molecule has 2 N–H and O–H groups in total. The third-order valence-electron chi connectivity index (χ3n) is 3.93. The Kier molecular flexibility index (Phi) is 5.15. The van der Waals surface area contributed by atoms with Crippen LogP contribution in [0.5, 0.6) is 0 Å². The second-order valence-corrected chi connectivity index (χ2v) is 6.15. The lowest BCUT2D eigenvalue weighted by molar-refractivity contribution is -0.111. The summed E-state index contributed by atoms with van der Waals surface area (Å²) in [6, 6.07) is 14.5. The number of benzene rings is 1. The van der Waals surface area contributed by atoms with Crippen LogP contribution in [0.3, 0.4) is 0 Å². The van der Waals surface area contributed by atoms with Crippen molar-refractivity contribution in [2.24, 2.45) is 0 Å². The zero-order chi connectivity index (χ0) is 20.1. The van der Waals surface area contributed by atoms with Crippen molar-refractivity contribution in [2.75, 3.05) is 10.6 Å². The highest BCUT2D eigenvalue weighted by Gasteiger charge is 2.05. The van der Waals surface area contributed by atoms with Crippen LogP contribution in [-0.4, -0.2) is 25.7 Å². The Bertz CT molecular complexity index is 1120. The van der Waals surface area contributed by atoms with Gasteiger partial charge in [-0.05, 0) is 55.5 Å². The molecule has 0 bridgehead atoms. The predicted octanol–water partition coefficient (Wildman–Crippen LogP) is 3.96. The summed E-state index contributed by atoms with van der Waals surface area (Å²) in [5.74, 6) is 2.35. The van der Waals surface area contributed by atoms with Gasteiger partial charge in [-0.2, -0.15) is 5.10 Å². The Morgan fingerprint density at radius 3 is 2.66 bits per heavy atom. The van der Waals surface area contributed by atoms with Crippen LogP contribution in [0, 0.1) is 6.92 Å². The molecular formula is C21H18N6O2. The minimum atomic E-state index is -0.239. The summed E-state index contributed by atoms with van der Waals surface area (Å²) in [6.07, 6.45) is 8.11. The van der Waals surface area contributed by atoms with E-state index in [1.54, 1.807) is 35.4 Å². The molecule has 0 saturated heterocycles. The maximum absolute atomic E-state index is 12.0. The highest BCUT2D eigenvalue weighted by Crippen LogP contribution is 2.19. The molecule has 3 aromatic heterocycles. The summed E-state index contributed by atoms with van der Waals surface area (Å²) >= 11 is 0. The number of furan rings is 1. The Morgan fingerprint density at radius 1 is 1.10 bits per heavy atom. The topological polar surface area (TPSA) is 97.9 Å². The summed E-state index contributed by atoms with van der Waals surface area (Å²) in [5, 5.41) is 10.2. The van der Waals surface area contributed by atoms with Gasteiger partial charge in [0.1, 0.15) is 17.4 Å². The molecule has 1 amide bonds. The number of nitrogens with zero attached hydrogens (tertiary/aromatic N) is 4. The number of rotatable bonds is 6. The fourth-order valence-corrected chi connectivity index (χ4v) is 2.65. The monoisotopic (exact) mass is 386 g/mol. The highest BCUT2D eigenvalue weighted by atomic mass is 16.3. The summed E-state index contributed by atoms with van der Waals surface area (Å²) in [4.78, 5) is 20.8. The molecule has 1 aromatic carbocycles. The van der Waals surface area contributed by atoms with Crippen molar-refractivity contribution in [2.45, 2.75) is 6.92 Å². The Labute approximate surface area is 166 Å². The van der Waals surface area contributed by atoms with Crippen LogP contribution in [0.2, 0.25) is 0 Å². The third-order valence-corrected chi connectivity index (χ3v) is 3.93. The van der Waals surface area contributed by atoms with E-state index >= 15 is 0 Å². The molecule has 0 aliphatic rings. The number of carbonyl (C=O) groups excluding carboxylic acids is 1. The quantitative estimate of drug-likeness (QED) is 0.487. The van der Waals surface area contributed by atoms with Crippen LogP contribution in [-0.2, 0) is 4.79 Å². The minimum Gasteiger partial charge on any atom is -0.465 e. The molecule has 4 rings (SSSR count). The number of amides is 1. The van der Waals surface area contributed by atoms with Crippen molar-refractivity contribution >= 4 is 29.2 Å². The molecule has 3 heterocycles. The number of aryl methyl sites for hydroxylation is 1. The van der Waals surface area contributed by atoms with Crippen LogP contribution < -0.4 is 10.6 Å². The second kappa shape index (κ2) is 8.22. The number of carbonyl (C=O) groups is 1. The van der Waals surface area contributed by atoms with E-state index in [-0.39, 0.29) is 5.91 Å². The van der Waals surface area contributed by atoms with Crippen LogP contribution >= 0.6 is 0 Å². The van der Waals surface area contributed by atoms with Crippen LogP contribution in [0.4, 0.5) is 17.2 Å². The average Bonchev–Trinajstić information content (AvgIpc) is 3.42. The van der Waals surface area contributed by atoms with Gasteiger partial charge in [-0.3, -0.25) is 4.79 Å². The molecule has 0 aliphatic heterocycles. The van der Waals surface area contributed by atoms with Gasteiger partial charge in [0.05, 0.1) is 6.26 Å². The summed E-state index contributed by atoms with van der Waals surface area (Å²) in [7, 11) is 0. The lowest BCUT2D eigenvalue weighted by atomic mass is 10.2. The van der Waals surface area contributed by atoms with Crippen molar-refractivity contribution in [1.82, 2.24) is 19.7 Å². The zero-order valence-corrected chi connectivity index (χ0v) is 15.6. The van der Waals surface area contributed by atoms with Crippen molar-refractivity contribution < 1.29 is 9.21 Å². The standard InChI is InChI=1S/C21H18N6O2/c1-15-23-19(14-20(24-15)27-12-3-11-22-27)25-16-5-7-17(8-6-16)26-21(28)10-9-18-4-2-13-29-18/h2-14H,1H3,(H,26,28)(H,23,24,25). The molecule has 8 nitrogen and oxygen atoms in total. The average molecular weight is 386 g/mol.